The highest BCUT2D eigenvalue weighted by molar-refractivity contribution is 7.92. The first-order valence-electron chi connectivity index (χ1n) is 10.8. The van der Waals surface area contributed by atoms with Gasteiger partial charge >= 0.3 is 0 Å². The summed E-state index contributed by atoms with van der Waals surface area (Å²) in [6.07, 6.45) is 2.08. The minimum atomic E-state index is -4.04. The molecule has 3 aromatic carbocycles. The first-order chi connectivity index (χ1) is 16.3. The van der Waals surface area contributed by atoms with Crippen molar-refractivity contribution < 1.29 is 17.9 Å². The highest BCUT2D eigenvalue weighted by Crippen LogP contribution is 2.29. The number of benzene rings is 3. The summed E-state index contributed by atoms with van der Waals surface area (Å²) in [5.41, 5.74) is 1.43. The number of nitrogens with one attached hydrogen (secondary N) is 1. The summed E-state index contributed by atoms with van der Waals surface area (Å²) in [5.74, 6) is 0.216. The lowest BCUT2D eigenvalue weighted by molar-refractivity contribution is -0.119. The zero-order chi connectivity index (χ0) is 24.6. The second-order valence-electron chi connectivity index (χ2n) is 7.54. The van der Waals surface area contributed by atoms with Gasteiger partial charge in [0, 0.05) is 10.0 Å². The second kappa shape index (κ2) is 12.1. The monoisotopic (exact) mass is 520 g/mol. The molecule has 0 heterocycles. The molecule has 3 rings (SSSR count). The summed E-state index contributed by atoms with van der Waals surface area (Å²) >= 11 is 12.2. The molecule has 0 spiro atoms. The van der Waals surface area contributed by atoms with Gasteiger partial charge in [0.1, 0.15) is 18.9 Å². The van der Waals surface area contributed by atoms with Gasteiger partial charge in [0.25, 0.3) is 10.0 Å². The number of ether oxygens (including phenoxy) is 1. The zero-order valence-electron chi connectivity index (χ0n) is 18.7. The van der Waals surface area contributed by atoms with Crippen molar-refractivity contribution >= 4 is 44.8 Å². The van der Waals surface area contributed by atoms with E-state index in [9.17, 15) is 13.2 Å². The molecule has 0 aliphatic heterocycles. The van der Waals surface area contributed by atoms with Gasteiger partial charge < -0.3 is 10.1 Å². The maximum absolute atomic E-state index is 13.3. The third-order valence-corrected chi connectivity index (χ3v) is 7.13. The third kappa shape index (κ3) is 7.13. The first-order valence-corrected chi connectivity index (χ1v) is 13.0. The van der Waals surface area contributed by atoms with Gasteiger partial charge in [-0.05, 0) is 54.4 Å². The molecule has 0 atom stereocenters. The predicted molar refractivity (Wildman–Crippen MR) is 136 cm³/mol. The second-order valence-corrected chi connectivity index (χ2v) is 10.3. The van der Waals surface area contributed by atoms with E-state index in [1.54, 1.807) is 18.2 Å². The van der Waals surface area contributed by atoms with Crippen molar-refractivity contribution in [1.29, 1.82) is 0 Å². The molecule has 3 aromatic rings. The van der Waals surface area contributed by atoms with Crippen molar-refractivity contribution in [1.82, 2.24) is 5.32 Å². The molecule has 0 fully saturated rings. The Morgan fingerprint density at radius 3 is 2.24 bits per heavy atom. The van der Waals surface area contributed by atoms with Crippen molar-refractivity contribution in [3.8, 4) is 5.75 Å². The van der Waals surface area contributed by atoms with Gasteiger partial charge in [-0.25, -0.2) is 8.42 Å². The molecule has 6 nitrogen and oxygen atoms in total. The number of sulfonamides is 1. The van der Waals surface area contributed by atoms with Crippen molar-refractivity contribution in [3.63, 3.8) is 0 Å². The number of hydrogen-bond donors (Lipinski definition) is 1. The van der Waals surface area contributed by atoms with E-state index in [0.29, 0.717) is 5.75 Å². The van der Waals surface area contributed by atoms with Crippen molar-refractivity contribution in [3.05, 3.63) is 88.4 Å². The number of carbonyl (C=O) groups excluding carboxylic acids is 1. The standard InChI is InChI=1S/C25H26Cl2N2O4S/c1-2-6-19-9-11-23(12-10-19)33-14-13-28-25(30)18-29(22-16-20(26)15-21(27)17-22)34(31,32)24-7-4-3-5-8-24/h3-5,7-12,15-17H,2,6,13-14,18H2,1H3,(H,28,30). The van der Waals surface area contributed by atoms with E-state index in [1.807, 2.05) is 24.3 Å². The Morgan fingerprint density at radius 1 is 0.971 bits per heavy atom. The fraction of sp³-hybridized carbons (Fsp3) is 0.240. The van der Waals surface area contributed by atoms with Crippen LogP contribution in [0.25, 0.3) is 0 Å². The summed E-state index contributed by atoms with van der Waals surface area (Å²) in [6.45, 7) is 2.14. The van der Waals surface area contributed by atoms with Crippen LogP contribution in [0.2, 0.25) is 10.0 Å². The number of rotatable bonds is 11. The largest absolute Gasteiger partial charge is 0.492 e. The molecule has 34 heavy (non-hydrogen) atoms. The summed E-state index contributed by atoms with van der Waals surface area (Å²) < 4.78 is 33.3. The lowest BCUT2D eigenvalue weighted by Crippen LogP contribution is -2.42. The molecular formula is C25H26Cl2N2O4S. The van der Waals surface area contributed by atoms with Gasteiger partial charge in [-0.3, -0.25) is 9.10 Å². The number of hydrogen-bond acceptors (Lipinski definition) is 4. The Bertz CT molecular complexity index is 1180. The van der Waals surface area contributed by atoms with E-state index < -0.39 is 22.5 Å². The van der Waals surface area contributed by atoms with E-state index >= 15 is 0 Å². The Hall–Kier alpha value is -2.74. The van der Waals surface area contributed by atoms with Crippen molar-refractivity contribution in [2.75, 3.05) is 24.0 Å². The van der Waals surface area contributed by atoms with Gasteiger partial charge in [0.15, 0.2) is 0 Å². The molecule has 9 heteroatoms. The summed E-state index contributed by atoms with van der Waals surface area (Å²) in [4.78, 5) is 12.7. The molecule has 0 radical (unpaired) electrons. The number of aryl methyl sites for hydroxylation is 1. The number of carbonyl (C=O) groups is 1. The molecule has 0 aliphatic rings. The molecule has 0 saturated carbocycles. The number of nitrogens with zero attached hydrogens (tertiary/aromatic N) is 1. The van der Waals surface area contributed by atoms with Crippen molar-refractivity contribution in [2.45, 2.75) is 24.7 Å². The highest BCUT2D eigenvalue weighted by atomic mass is 35.5. The third-order valence-electron chi connectivity index (χ3n) is 4.91. The van der Waals surface area contributed by atoms with Crippen LogP contribution in [0.15, 0.2) is 77.7 Å². The fourth-order valence-corrected chi connectivity index (χ4v) is 5.24. The Labute approximate surface area is 210 Å². The SMILES string of the molecule is CCCc1ccc(OCCNC(=O)CN(c2cc(Cl)cc(Cl)c2)S(=O)(=O)c2ccccc2)cc1. The predicted octanol–water partition coefficient (Wildman–Crippen LogP) is 5.34. The summed E-state index contributed by atoms with van der Waals surface area (Å²) in [6, 6.07) is 20.1. The van der Waals surface area contributed by atoms with E-state index in [2.05, 4.69) is 12.2 Å². The smallest absolute Gasteiger partial charge is 0.264 e. The Balaban J connectivity index is 1.67. The molecule has 0 unspecified atom stereocenters. The lowest BCUT2D eigenvalue weighted by atomic mass is 10.1. The van der Waals surface area contributed by atoms with Gasteiger partial charge in [-0.2, -0.15) is 0 Å². The number of amides is 1. The van der Waals surface area contributed by atoms with E-state index in [4.69, 9.17) is 27.9 Å². The molecule has 0 bridgehead atoms. The van der Waals surface area contributed by atoms with E-state index in [-0.39, 0.29) is 33.8 Å². The molecule has 0 aromatic heterocycles. The minimum Gasteiger partial charge on any atom is -0.492 e. The van der Waals surface area contributed by atoms with Gasteiger partial charge in [-0.1, -0.05) is 66.9 Å². The van der Waals surface area contributed by atoms with Crippen molar-refractivity contribution in [2.24, 2.45) is 0 Å². The summed E-state index contributed by atoms with van der Waals surface area (Å²) in [5, 5.41) is 3.22. The average molecular weight is 521 g/mol. The van der Waals surface area contributed by atoms with Crippen LogP contribution in [0.4, 0.5) is 5.69 Å². The molecule has 0 aliphatic carbocycles. The first kappa shape index (κ1) is 25.9. The van der Waals surface area contributed by atoms with Crippen LogP contribution in [0.3, 0.4) is 0 Å². The van der Waals surface area contributed by atoms with Crippen LogP contribution in [0.1, 0.15) is 18.9 Å². The molecule has 1 N–H and O–H groups in total. The van der Waals surface area contributed by atoms with Gasteiger partial charge in [0.2, 0.25) is 5.91 Å². The summed E-state index contributed by atoms with van der Waals surface area (Å²) in [7, 11) is -4.04. The van der Waals surface area contributed by atoms with Gasteiger partial charge in [0.05, 0.1) is 17.1 Å². The van der Waals surface area contributed by atoms with E-state index in [0.717, 1.165) is 17.1 Å². The molecule has 180 valence electrons. The number of anilines is 1. The highest BCUT2D eigenvalue weighted by Gasteiger charge is 2.27. The maximum atomic E-state index is 13.3. The maximum Gasteiger partial charge on any atom is 0.264 e. The Morgan fingerprint density at radius 2 is 1.62 bits per heavy atom. The van der Waals surface area contributed by atoms with Crippen LogP contribution in [0, 0.1) is 0 Å². The normalized spacial score (nSPS) is 11.1. The lowest BCUT2D eigenvalue weighted by Gasteiger charge is -2.24. The average Bonchev–Trinajstić information content (AvgIpc) is 2.81. The molecular weight excluding hydrogens is 495 g/mol. The van der Waals surface area contributed by atoms with Crippen LogP contribution < -0.4 is 14.4 Å². The topological polar surface area (TPSA) is 75.7 Å². The fourth-order valence-electron chi connectivity index (χ4n) is 3.30. The number of halogens is 2. The quantitative estimate of drug-likeness (QED) is 0.346. The minimum absolute atomic E-state index is 0.0498. The van der Waals surface area contributed by atoms with Crippen LogP contribution in [-0.2, 0) is 21.2 Å². The molecule has 0 saturated heterocycles. The van der Waals surface area contributed by atoms with Crippen LogP contribution in [0.5, 0.6) is 5.75 Å². The van der Waals surface area contributed by atoms with Gasteiger partial charge in [-0.15, -0.1) is 0 Å². The van der Waals surface area contributed by atoms with E-state index in [1.165, 1.54) is 35.9 Å². The van der Waals surface area contributed by atoms with Crippen LogP contribution >= 0.6 is 23.2 Å². The zero-order valence-corrected chi connectivity index (χ0v) is 21.0. The Kier molecular flexibility index (Phi) is 9.21. The molecule has 1 amide bonds. The van der Waals surface area contributed by atoms with Crippen LogP contribution in [-0.4, -0.2) is 34.0 Å².